The van der Waals surface area contributed by atoms with Gasteiger partial charge in [-0.1, -0.05) is 23.2 Å². The Hall–Kier alpha value is -1.59. The van der Waals surface area contributed by atoms with Gasteiger partial charge in [-0.3, -0.25) is 19.3 Å². The maximum atomic E-state index is 12.1. The summed E-state index contributed by atoms with van der Waals surface area (Å²) in [5.41, 5.74) is 0.381. The van der Waals surface area contributed by atoms with Crippen LogP contribution in [0.25, 0.3) is 0 Å². The van der Waals surface area contributed by atoms with E-state index in [1.54, 1.807) is 12.1 Å². The third-order valence-electron chi connectivity index (χ3n) is 3.05. The van der Waals surface area contributed by atoms with Crippen LogP contribution in [-0.4, -0.2) is 28.7 Å². The zero-order valence-corrected chi connectivity index (χ0v) is 12.2. The molecule has 0 aliphatic carbocycles. The van der Waals surface area contributed by atoms with Crippen LogP contribution < -0.4 is 5.32 Å². The summed E-state index contributed by atoms with van der Waals surface area (Å²) in [5.74, 6) is -1.14. The van der Waals surface area contributed by atoms with Crippen molar-refractivity contribution >= 4 is 46.6 Å². The first-order chi connectivity index (χ1) is 9.40. The molecule has 0 spiro atoms. The number of carbonyl (C=O) groups excluding carboxylic acids is 3. The third-order valence-corrected chi connectivity index (χ3v) is 3.59. The van der Waals surface area contributed by atoms with E-state index in [0.717, 1.165) is 4.90 Å². The largest absolute Gasteiger partial charge is 0.323 e. The highest BCUT2D eigenvalue weighted by molar-refractivity contribution is 6.36. The Morgan fingerprint density at radius 2 is 1.85 bits per heavy atom. The minimum absolute atomic E-state index is 0.151. The van der Waals surface area contributed by atoms with Gasteiger partial charge < -0.3 is 5.32 Å². The number of halogens is 2. The van der Waals surface area contributed by atoms with Crippen molar-refractivity contribution in [3.05, 3.63) is 28.2 Å². The van der Waals surface area contributed by atoms with E-state index in [1.807, 2.05) is 0 Å². The zero-order valence-electron chi connectivity index (χ0n) is 10.7. The van der Waals surface area contributed by atoms with Crippen molar-refractivity contribution in [3.8, 4) is 0 Å². The van der Waals surface area contributed by atoms with Crippen molar-refractivity contribution in [3.63, 3.8) is 0 Å². The Balaban J connectivity index is 2.11. The molecule has 5 nitrogen and oxygen atoms in total. The zero-order chi connectivity index (χ0) is 14.9. The number of carbonyl (C=O) groups is 3. The summed E-state index contributed by atoms with van der Waals surface area (Å²) in [6.45, 7) is 1.50. The molecule has 1 aromatic carbocycles. The summed E-state index contributed by atoms with van der Waals surface area (Å²) in [4.78, 5) is 36.2. The molecule has 1 fully saturated rings. The molecule has 1 N–H and O–H groups in total. The molecule has 1 atom stereocenters. The number of imide groups is 1. The highest BCUT2D eigenvalue weighted by Gasteiger charge is 2.36. The predicted molar refractivity (Wildman–Crippen MR) is 75.6 cm³/mol. The van der Waals surface area contributed by atoms with Gasteiger partial charge in [-0.2, -0.15) is 0 Å². The van der Waals surface area contributed by atoms with Gasteiger partial charge in [0, 0.05) is 17.9 Å². The SMILES string of the molecule is C[C@@H](C(=O)Nc1ccc(Cl)cc1Cl)N1C(=O)CCC1=O. The second-order valence-corrected chi connectivity index (χ2v) is 5.29. The van der Waals surface area contributed by atoms with Gasteiger partial charge in [0.25, 0.3) is 0 Å². The van der Waals surface area contributed by atoms with Gasteiger partial charge in [-0.05, 0) is 25.1 Å². The van der Waals surface area contributed by atoms with Crippen LogP contribution in [0.1, 0.15) is 19.8 Å². The maximum absolute atomic E-state index is 12.1. The molecule has 0 radical (unpaired) electrons. The molecule has 20 heavy (non-hydrogen) atoms. The first-order valence-electron chi connectivity index (χ1n) is 6.01. The predicted octanol–water partition coefficient (Wildman–Crippen LogP) is 2.47. The fourth-order valence-corrected chi connectivity index (χ4v) is 2.43. The minimum Gasteiger partial charge on any atom is -0.323 e. The summed E-state index contributed by atoms with van der Waals surface area (Å²) >= 11 is 11.7. The van der Waals surface area contributed by atoms with Gasteiger partial charge in [0.15, 0.2) is 0 Å². The topological polar surface area (TPSA) is 66.5 Å². The number of nitrogens with zero attached hydrogens (tertiary/aromatic N) is 1. The third kappa shape index (κ3) is 2.94. The Morgan fingerprint density at radius 3 is 2.40 bits per heavy atom. The van der Waals surface area contributed by atoms with Gasteiger partial charge in [0.2, 0.25) is 17.7 Å². The van der Waals surface area contributed by atoms with Gasteiger partial charge >= 0.3 is 0 Å². The fraction of sp³-hybridized carbons (Fsp3) is 0.308. The summed E-state index contributed by atoms with van der Waals surface area (Å²) in [5, 5.41) is 3.32. The van der Waals surface area contributed by atoms with Gasteiger partial charge in [-0.15, -0.1) is 0 Å². The minimum atomic E-state index is -0.871. The lowest BCUT2D eigenvalue weighted by Gasteiger charge is -2.21. The number of nitrogens with one attached hydrogen (secondary N) is 1. The first kappa shape index (κ1) is 14.8. The molecule has 1 aromatic rings. The molecule has 1 heterocycles. The normalized spacial score (nSPS) is 16.4. The van der Waals surface area contributed by atoms with Gasteiger partial charge in [0.1, 0.15) is 6.04 Å². The van der Waals surface area contributed by atoms with E-state index >= 15 is 0 Å². The van der Waals surface area contributed by atoms with E-state index in [1.165, 1.54) is 13.0 Å². The average molecular weight is 315 g/mol. The van der Waals surface area contributed by atoms with Crippen molar-refractivity contribution in [1.29, 1.82) is 0 Å². The van der Waals surface area contributed by atoms with Crippen molar-refractivity contribution in [2.45, 2.75) is 25.8 Å². The second-order valence-electron chi connectivity index (χ2n) is 4.45. The molecule has 1 aliphatic heterocycles. The van der Waals surface area contributed by atoms with Gasteiger partial charge in [-0.25, -0.2) is 0 Å². The molecule has 3 amide bonds. The van der Waals surface area contributed by atoms with Crippen molar-refractivity contribution in [1.82, 2.24) is 4.90 Å². The number of hydrogen-bond acceptors (Lipinski definition) is 3. The van der Waals surface area contributed by atoms with Crippen LogP contribution in [0.5, 0.6) is 0 Å². The fourth-order valence-electron chi connectivity index (χ4n) is 1.97. The number of hydrogen-bond donors (Lipinski definition) is 1. The van der Waals surface area contributed by atoms with E-state index in [-0.39, 0.29) is 29.7 Å². The van der Waals surface area contributed by atoms with E-state index < -0.39 is 11.9 Å². The van der Waals surface area contributed by atoms with E-state index in [9.17, 15) is 14.4 Å². The van der Waals surface area contributed by atoms with E-state index in [4.69, 9.17) is 23.2 Å². The van der Waals surface area contributed by atoms with Crippen molar-refractivity contribution < 1.29 is 14.4 Å². The molecule has 1 saturated heterocycles. The molecular weight excluding hydrogens is 303 g/mol. The molecule has 0 aromatic heterocycles. The van der Waals surface area contributed by atoms with Crippen molar-refractivity contribution in [2.24, 2.45) is 0 Å². The maximum Gasteiger partial charge on any atom is 0.247 e. The number of rotatable bonds is 3. The number of amides is 3. The summed E-state index contributed by atoms with van der Waals surface area (Å²) < 4.78 is 0. The Morgan fingerprint density at radius 1 is 1.25 bits per heavy atom. The molecule has 0 saturated carbocycles. The van der Waals surface area contributed by atoms with Crippen LogP contribution in [0.2, 0.25) is 10.0 Å². The standard InChI is InChI=1S/C13H12Cl2N2O3/c1-7(17-11(18)4-5-12(17)19)13(20)16-10-3-2-8(14)6-9(10)15/h2-3,6-7H,4-5H2,1H3,(H,16,20)/t7-/m0/s1. The number of likely N-dealkylation sites (tertiary alicyclic amines) is 1. The molecule has 0 unspecified atom stereocenters. The highest BCUT2D eigenvalue weighted by atomic mass is 35.5. The monoisotopic (exact) mass is 314 g/mol. The Bertz CT molecular complexity index is 573. The van der Waals surface area contributed by atoms with Gasteiger partial charge in [0.05, 0.1) is 10.7 Å². The summed E-state index contributed by atoms with van der Waals surface area (Å²) in [7, 11) is 0. The van der Waals surface area contributed by atoms with Crippen LogP contribution >= 0.6 is 23.2 Å². The average Bonchev–Trinajstić information content (AvgIpc) is 2.71. The van der Waals surface area contributed by atoms with Crippen LogP contribution in [0.3, 0.4) is 0 Å². The van der Waals surface area contributed by atoms with Crippen LogP contribution in [0.15, 0.2) is 18.2 Å². The molecule has 0 bridgehead atoms. The Labute approximate surface area is 125 Å². The first-order valence-corrected chi connectivity index (χ1v) is 6.76. The Kier molecular flexibility index (Phi) is 4.30. The smallest absolute Gasteiger partial charge is 0.247 e. The molecule has 2 rings (SSSR count). The number of anilines is 1. The molecule has 1 aliphatic rings. The summed E-state index contributed by atoms with van der Waals surface area (Å²) in [6.07, 6.45) is 0.302. The van der Waals surface area contributed by atoms with E-state index in [2.05, 4.69) is 5.32 Å². The highest BCUT2D eigenvalue weighted by Crippen LogP contribution is 2.26. The summed E-state index contributed by atoms with van der Waals surface area (Å²) in [6, 6.07) is 3.77. The van der Waals surface area contributed by atoms with Crippen LogP contribution in [0.4, 0.5) is 5.69 Å². The molecular formula is C13H12Cl2N2O3. The van der Waals surface area contributed by atoms with Crippen LogP contribution in [-0.2, 0) is 14.4 Å². The number of benzene rings is 1. The molecule has 7 heteroatoms. The van der Waals surface area contributed by atoms with Crippen LogP contribution in [0, 0.1) is 0 Å². The van der Waals surface area contributed by atoms with Crippen molar-refractivity contribution in [2.75, 3.05) is 5.32 Å². The lowest BCUT2D eigenvalue weighted by atomic mass is 10.2. The second kappa shape index (κ2) is 5.81. The van der Waals surface area contributed by atoms with E-state index in [0.29, 0.717) is 10.7 Å². The molecule has 106 valence electrons. The quantitative estimate of drug-likeness (QED) is 0.871. The lowest BCUT2D eigenvalue weighted by Crippen LogP contribution is -2.45. The lowest BCUT2D eigenvalue weighted by molar-refractivity contribution is -0.144.